The molecule has 5 aromatic rings. The van der Waals surface area contributed by atoms with E-state index in [2.05, 4.69) is 0 Å². The Morgan fingerprint density at radius 1 is 0.558 bits per heavy atom. The van der Waals surface area contributed by atoms with Crippen LogP contribution in [0.3, 0.4) is 0 Å². The Kier molecular flexibility index (Phi) is 10.7. The molecule has 0 aliphatic rings. The fourth-order valence-electron chi connectivity index (χ4n) is 4.24. The zero-order valence-corrected chi connectivity index (χ0v) is 26.1. The minimum Gasteiger partial charge on any atom is -0.744 e. The predicted molar refractivity (Wildman–Crippen MR) is 156 cm³/mol. The fourth-order valence-corrected chi connectivity index (χ4v) is 4.87. The molecule has 43 heavy (non-hydrogen) atoms. The zero-order chi connectivity index (χ0) is 29.5. The topological polar surface area (TPSA) is 110 Å². The zero-order valence-electron chi connectivity index (χ0n) is 23.3. The first-order chi connectivity index (χ1) is 20.3. The Morgan fingerprint density at radius 3 is 1.42 bits per heavy atom. The quantitative estimate of drug-likeness (QED) is 0.130. The van der Waals surface area contributed by atoms with Crippen LogP contribution in [0.4, 0.5) is 0 Å². The molecule has 0 amide bonds. The van der Waals surface area contributed by atoms with Crippen molar-refractivity contribution in [1.82, 2.24) is 0 Å². The van der Waals surface area contributed by atoms with Gasteiger partial charge in [-0.05, 0) is 23.3 Å². The molecule has 0 radical (unpaired) electrons. The normalized spacial score (nSPS) is 10.8. The molecule has 0 unspecified atom stereocenters. The summed E-state index contributed by atoms with van der Waals surface area (Å²) in [5, 5.41) is 0. The van der Waals surface area contributed by atoms with E-state index in [1.165, 1.54) is 12.1 Å². The first-order valence-corrected chi connectivity index (χ1v) is 14.4. The van der Waals surface area contributed by atoms with Crippen molar-refractivity contribution in [3.63, 3.8) is 0 Å². The van der Waals surface area contributed by atoms with Crippen LogP contribution in [0.25, 0.3) is 0 Å². The molecule has 0 N–H and O–H groups in total. The average Bonchev–Trinajstić information content (AvgIpc) is 3.03. The van der Waals surface area contributed by atoms with Crippen molar-refractivity contribution < 1.29 is 61.6 Å². The monoisotopic (exact) mass is 600 g/mol. The summed E-state index contributed by atoms with van der Waals surface area (Å²) in [5.41, 5.74) is 3.63. The molecule has 5 rings (SSSR count). The number of hydrogen-bond donors (Lipinski definition) is 0. The summed E-state index contributed by atoms with van der Waals surface area (Å²) >= 11 is 0. The maximum absolute atomic E-state index is 12.6. The first-order valence-electron chi connectivity index (χ1n) is 13.0. The largest absolute Gasteiger partial charge is 1.00 e. The Labute approximate surface area is 272 Å². The molecule has 5 aromatic carbocycles. The van der Waals surface area contributed by atoms with Crippen LogP contribution in [0.2, 0.25) is 0 Å². The van der Waals surface area contributed by atoms with Crippen molar-refractivity contribution in [1.29, 1.82) is 0 Å². The second-order valence-electron chi connectivity index (χ2n) is 9.42. The van der Waals surface area contributed by atoms with Crippen LogP contribution >= 0.6 is 0 Å². The SMILES string of the molecule is O=C(c1ccccc1)c1ccc(COc2ccc(OCc3ccc(C(=O)c4ccccc4)cc3)c(S(=O)(=O)[O-])c2)cc1.[Na+]. The van der Waals surface area contributed by atoms with Crippen LogP contribution in [0, 0.1) is 0 Å². The van der Waals surface area contributed by atoms with Crippen LogP contribution < -0.4 is 39.0 Å². The molecule has 0 aromatic heterocycles. The van der Waals surface area contributed by atoms with E-state index >= 15 is 0 Å². The molecule has 210 valence electrons. The number of benzene rings is 5. The summed E-state index contributed by atoms with van der Waals surface area (Å²) < 4.78 is 47.4. The summed E-state index contributed by atoms with van der Waals surface area (Å²) in [6, 6.07) is 35.5. The third kappa shape index (κ3) is 8.28. The summed E-state index contributed by atoms with van der Waals surface area (Å²) in [6.07, 6.45) is 0. The smallest absolute Gasteiger partial charge is 0.744 e. The molecule has 7 nitrogen and oxygen atoms in total. The van der Waals surface area contributed by atoms with Gasteiger partial charge in [0.25, 0.3) is 0 Å². The van der Waals surface area contributed by atoms with Crippen molar-refractivity contribution >= 4 is 21.7 Å². The van der Waals surface area contributed by atoms with Gasteiger partial charge in [0.2, 0.25) is 0 Å². The molecule has 0 saturated carbocycles. The number of hydrogen-bond acceptors (Lipinski definition) is 7. The standard InChI is InChI=1S/C34H26O7S.Na/c35-33(26-7-3-1-4-8-26)28-15-11-24(12-16-28)22-40-30-19-20-31(32(21-30)42(37,38)39)41-23-25-13-17-29(18-14-25)34(36)27-9-5-2-6-10-27;/h1-21H,22-23H2,(H,37,38,39);/q;+1/p-1. The van der Waals surface area contributed by atoms with Gasteiger partial charge < -0.3 is 14.0 Å². The van der Waals surface area contributed by atoms with E-state index in [1.54, 1.807) is 97.1 Å². The number of rotatable bonds is 11. The molecule has 0 heterocycles. The van der Waals surface area contributed by atoms with E-state index in [-0.39, 0.29) is 65.8 Å². The van der Waals surface area contributed by atoms with Gasteiger partial charge in [-0.15, -0.1) is 0 Å². The predicted octanol–water partition coefficient (Wildman–Crippen LogP) is 3.21. The maximum Gasteiger partial charge on any atom is 1.00 e. The molecule has 0 aliphatic heterocycles. The van der Waals surface area contributed by atoms with Crippen molar-refractivity contribution in [2.45, 2.75) is 18.1 Å². The number of carbonyl (C=O) groups is 2. The van der Waals surface area contributed by atoms with Gasteiger partial charge in [0.15, 0.2) is 11.6 Å². The molecule has 9 heteroatoms. The average molecular weight is 601 g/mol. The maximum atomic E-state index is 12.6. The Morgan fingerprint density at radius 2 is 0.977 bits per heavy atom. The van der Waals surface area contributed by atoms with Crippen LogP contribution in [-0.2, 0) is 23.3 Å². The van der Waals surface area contributed by atoms with Crippen molar-refractivity contribution in [3.8, 4) is 11.5 Å². The van der Waals surface area contributed by atoms with Gasteiger partial charge in [-0.1, -0.05) is 109 Å². The molecular formula is C34H25NaO7S. The molecule has 0 fully saturated rings. The first kappa shape index (κ1) is 31.9. The third-order valence-electron chi connectivity index (χ3n) is 6.49. The van der Waals surface area contributed by atoms with E-state index in [4.69, 9.17) is 9.47 Å². The molecule has 0 bridgehead atoms. The summed E-state index contributed by atoms with van der Waals surface area (Å²) in [5.74, 6) is -0.147. The second kappa shape index (κ2) is 14.4. The van der Waals surface area contributed by atoms with Gasteiger partial charge >= 0.3 is 29.6 Å². The molecular weight excluding hydrogens is 575 g/mol. The number of ether oxygens (including phenoxy) is 2. The molecule has 0 atom stereocenters. The van der Waals surface area contributed by atoms with Crippen LogP contribution in [-0.4, -0.2) is 24.5 Å². The summed E-state index contributed by atoms with van der Waals surface area (Å²) in [4.78, 5) is 24.7. The van der Waals surface area contributed by atoms with Crippen LogP contribution in [0.5, 0.6) is 11.5 Å². The van der Waals surface area contributed by atoms with E-state index in [0.717, 1.165) is 11.6 Å². The fraction of sp³-hybridized carbons (Fsp3) is 0.0588. The van der Waals surface area contributed by atoms with Crippen LogP contribution in [0.15, 0.2) is 132 Å². The minimum absolute atomic E-state index is 0. The molecule has 0 aliphatic carbocycles. The third-order valence-corrected chi connectivity index (χ3v) is 7.35. The van der Waals surface area contributed by atoms with Crippen molar-refractivity contribution in [2.75, 3.05) is 0 Å². The van der Waals surface area contributed by atoms with Gasteiger partial charge in [0, 0.05) is 28.3 Å². The van der Waals surface area contributed by atoms with Gasteiger partial charge in [0.1, 0.15) is 34.8 Å². The van der Waals surface area contributed by atoms with Gasteiger partial charge in [-0.2, -0.15) is 0 Å². The van der Waals surface area contributed by atoms with Gasteiger partial charge in [-0.3, -0.25) is 9.59 Å². The van der Waals surface area contributed by atoms with E-state index in [0.29, 0.717) is 27.8 Å². The van der Waals surface area contributed by atoms with E-state index in [1.807, 2.05) is 12.1 Å². The van der Waals surface area contributed by atoms with E-state index < -0.39 is 15.0 Å². The number of ketones is 2. The minimum atomic E-state index is -4.87. The molecule has 0 spiro atoms. The Balaban J connectivity index is 0.00000423. The van der Waals surface area contributed by atoms with Gasteiger partial charge in [0.05, 0.1) is 4.90 Å². The van der Waals surface area contributed by atoms with Crippen LogP contribution in [0.1, 0.15) is 43.0 Å². The van der Waals surface area contributed by atoms with Gasteiger partial charge in [-0.25, -0.2) is 8.42 Å². The number of carbonyl (C=O) groups excluding carboxylic acids is 2. The van der Waals surface area contributed by atoms with Crippen molar-refractivity contribution in [2.24, 2.45) is 0 Å². The summed E-state index contributed by atoms with van der Waals surface area (Å²) in [6.45, 7) is 0.0724. The Bertz CT molecular complexity index is 1810. The Hall–Kier alpha value is -4.05. The second-order valence-corrected chi connectivity index (χ2v) is 10.8. The van der Waals surface area contributed by atoms with E-state index in [9.17, 15) is 22.6 Å². The summed E-state index contributed by atoms with van der Waals surface area (Å²) in [7, 11) is -4.87. The van der Waals surface area contributed by atoms with Crippen molar-refractivity contribution in [3.05, 3.63) is 161 Å². The molecule has 0 saturated heterocycles.